The van der Waals surface area contributed by atoms with Crippen molar-refractivity contribution in [2.45, 2.75) is 9.79 Å². The van der Waals surface area contributed by atoms with Gasteiger partial charge in [-0.15, -0.1) is 0 Å². The van der Waals surface area contributed by atoms with Crippen molar-refractivity contribution < 1.29 is 4.55 Å². The highest BCUT2D eigenvalue weighted by Gasteiger charge is 2.34. The Morgan fingerprint density at radius 2 is 1.27 bits per heavy atom. The largest absolute Gasteiger partial charge is 0.347 e. The van der Waals surface area contributed by atoms with Gasteiger partial charge in [-0.3, -0.25) is 0 Å². The molecule has 0 aromatic heterocycles. The lowest BCUT2D eigenvalue weighted by Crippen LogP contribution is -2.12. The number of anilines is 2. The minimum absolute atomic E-state index is 0.803. The molecule has 2 N–H and O–H groups in total. The Balaban J connectivity index is 2.20. The van der Waals surface area contributed by atoms with Crippen LogP contribution in [-0.2, 0) is 11.2 Å². The Morgan fingerprint density at radius 3 is 1.80 bits per heavy atom. The van der Waals surface area contributed by atoms with E-state index in [0.29, 0.717) is 0 Å². The van der Waals surface area contributed by atoms with Gasteiger partial charge in [0.2, 0.25) is 21.0 Å². The van der Waals surface area contributed by atoms with Crippen molar-refractivity contribution >= 4 is 22.6 Å². The van der Waals surface area contributed by atoms with Crippen LogP contribution in [0.3, 0.4) is 0 Å². The van der Waals surface area contributed by atoms with E-state index in [9.17, 15) is 4.55 Å². The van der Waals surface area contributed by atoms with E-state index in [0.717, 1.165) is 21.2 Å². The number of fused-ring (bicyclic) bond motifs is 2. The van der Waals surface area contributed by atoms with Gasteiger partial charge in [-0.1, -0.05) is 24.3 Å². The minimum atomic E-state index is -0.803. The van der Waals surface area contributed by atoms with Gasteiger partial charge in [-0.05, 0) is 24.3 Å². The highest BCUT2D eigenvalue weighted by molar-refractivity contribution is 7.92. The van der Waals surface area contributed by atoms with Crippen LogP contribution in [0, 0.1) is 0 Å². The number of hydrogen-bond acceptors (Lipinski definition) is 2. The van der Waals surface area contributed by atoms with E-state index in [4.69, 9.17) is 0 Å². The molecule has 3 heteroatoms. The molecule has 0 unspecified atom stereocenters. The quantitative estimate of drug-likeness (QED) is 0.662. The summed E-state index contributed by atoms with van der Waals surface area (Å²) in [6, 6.07) is 15.7. The molecule has 2 aromatic carbocycles. The van der Waals surface area contributed by atoms with E-state index in [2.05, 4.69) is 5.32 Å². The molecule has 2 aromatic rings. The van der Waals surface area contributed by atoms with Crippen molar-refractivity contribution in [1.82, 2.24) is 0 Å². The molecule has 0 aliphatic carbocycles. The molecule has 0 fully saturated rings. The first-order valence-electron chi connectivity index (χ1n) is 4.75. The maximum absolute atomic E-state index is 10.2. The van der Waals surface area contributed by atoms with Gasteiger partial charge in [0.25, 0.3) is 0 Å². The molecule has 0 saturated carbocycles. The fourth-order valence-electron chi connectivity index (χ4n) is 1.74. The van der Waals surface area contributed by atoms with Crippen molar-refractivity contribution in [1.29, 1.82) is 0 Å². The minimum Gasteiger partial charge on any atom is -0.347 e. The van der Waals surface area contributed by atoms with Crippen LogP contribution in [-0.4, -0.2) is 4.55 Å². The number of hydrogen-bond donors (Lipinski definition) is 2. The summed E-state index contributed by atoms with van der Waals surface area (Å²) in [5.74, 6) is 0. The lowest BCUT2D eigenvalue weighted by atomic mass is 10.2. The highest BCUT2D eigenvalue weighted by atomic mass is 32.2. The van der Waals surface area contributed by atoms with Crippen LogP contribution in [0.4, 0.5) is 11.4 Å². The normalized spacial score (nSPS) is 13.9. The van der Waals surface area contributed by atoms with Gasteiger partial charge in [0.05, 0.1) is 11.4 Å². The molecule has 15 heavy (non-hydrogen) atoms. The summed E-state index contributed by atoms with van der Waals surface area (Å²) in [5, 5.41) is 3.32. The van der Waals surface area contributed by atoms with Crippen molar-refractivity contribution in [2.75, 3.05) is 5.32 Å². The Bertz CT molecular complexity index is 467. The van der Waals surface area contributed by atoms with Gasteiger partial charge < -0.3 is 5.32 Å². The Morgan fingerprint density at radius 1 is 0.800 bits per heavy atom. The molecule has 1 aliphatic rings. The predicted octanol–water partition coefficient (Wildman–Crippen LogP) is 3.25. The van der Waals surface area contributed by atoms with Gasteiger partial charge in [0.1, 0.15) is 0 Å². The summed E-state index contributed by atoms with van der Waals surface area (Å²) >= 11 is -0.803. The number of nitrogens with one attached hydrogen (secondary N) is 1. The highest BCUT2D eigenvalue weighted by Crippen LogP contribution is 2.38. The van der Waals surface area contributed by atoms with Gasteiger partial charge in [-0.25, -0.2) is 0 Å². The molecule has 0 radical (unpaired) electrons. The number of para-hydroxylation sites is 2. The van der Waals surface area contributed by atoms with Crippen molar-refractivity contribution in [3.63, 3.8) is 0 Å². The van der Waals surface area contributed by atoms with Gasteiger partial charge >= 0.3 is 0 Å². The summed E-state index contributed by atoms with van der Waals surface area (Å²) < 4.78 is 10.2. The summed E-state index contributed by atoms with van der Waals surface area (Å²) in [6.07, 6.45) is 0. The fourth-order valence-corrected chi connectivity index (χ4v) is 3.05. The second-order valence-electron chi connectivity index (χ2n) is 3.40. The average molecular weight is 216 g/mol. The zero-order valence-corrected chi connectivity index (χ0v) is 8.79. The van der Waals surface area contributed by atoms with Gasteiger partial charge in [-0.2, -0.15) is 4.55 Å². The second-order valence-corrected chi connectivity index (χ2v) is 4.85. The van der Waals surface area contributed by atoms with Crippen LogP contribution in [0.2, 0.25) is 0 Å². The maximum atomic E-state index is 10.2. The van der Waals surface area contributed by atoms with E-state index >= 15 is 0 Å². The number of benzene rings is 2. The molecule has 1 heterocycles. The van der Waals surface area contributed by atoms with Crippen LogP contribution < -0.4 is 5.32 Å². The van der Waals surface area contributed by atoms with Crippen LogP contribution in [0.15, 0.2) is 58.3 Å². The molecule has 0 saturated heterocycles. The molecule has 0 spiro atoms. The zero-order chi connectivity index (χ0) is 10.3. The number of rotatable bonds is 0. The van der Waals surface area contributed by atoms with Gasteiger partial charge in [0, 0.05) is 0 Å². The Kier molecular flexibility index (Phi) is 1.94. The molecular weight excluding hydrogens is 206 g/mol. The van der Waals surface area contributed by atoms with E-state index in [-0.39, 0.29) is 0 Å². The summed E-state index contributed by atoms with van der Waals surface area (Å²) in [7, 11) is 0. The first-order valence-corrected chi connectivity index (χ1v) is 5.93. The molecule has 1 aliphatic heterocycles. The lowest BCUT2D eigenvalue weighted by molar-refractivity contribution is 0.638. The summed E-state index contributed by atoms with van der Waals surface area (Å²) in [5.41, 5.74) is 2.00. The molecular formula is C12H10NOS+. The first-order chi connectivity index (χ1) is 7.36. The third-order valence-electron chi connectivity index (χ3n) is 2.46. The average Bonchev–Trinajstić information content (AvgIpc) is 2.30. The molecule has 74 valence electrons. The first kappa shape index (κ1) is 8.83. The van der Waals surface area contributed by atoms with E-state index in [1.807, 2.05) is 48.5 Å². The Hall–Kier alpha value is -1.45. The molecule has 0 amide bonds. The third kappa shape index (κ3) is 1.32. The smallest absolute Gasteiger partial charge is 0.224 e. The van der Waals surface area contributed by atoms with Crippen LogP contribution >= 0.6 is 0 Å². The Labute approximate surface area is 91.1 Å². The maximum Gasteiger partial charge on any atom is 0.224 e. The molecule has 2 nitrogen and oxygen atoms in total. The van der Waals surface area contributed by atoms with Crippen LogP contribution in [0.25, 0.3) is 0 Å². The molecule has 0 atom stereocenters. The standard InChI is InChI=1S/C12H10NOS/c14-15-11-7-3-1-5-9(11)13-10-6-2-4-8-12(10)15/h1-8,13-14H/q+1. The predicted molar refractivity (Wildman–Crippen MR) is 62.7 cm³/mol. The van der Waals surface area contributed by atoms with Crippen LogP contribution in [0.1, 0.15) is 0 Å². The summed E-state index contributed by atoms with van der Waals surface area (Å²) in [6.45, 7) is 0. The van der Waals surface area contributed by atoms with E-state index in [1.54, 1.807) is 0 Å². The van der Waals surface area contributed by atoms with Crippen molar-refractivity contribution in [3.8, 4) is 0 Å². The summed E-state index contributed by atoms with van der Waals surface area (Å²) in [4.78, 5) is 1.94. The molecule has 3 rings (SSSR count). The lowest BCUT2D eigenvalue weighted by Gasteiger charge is -2.16. The van der Waals surface area contributed by atoms with E-state index < -0.39 is 11.2 Å². The van der Waals surface area contributed by atoms with E-state index in [1.165, 1.54) is 0 Å². The third-order valence-corrected chi connectivity index (χ3v) is 4.01. The SMILES string of the molecule is O[S+]1c2ccccc2Nc2ccccc21. The molecule has 0 bridgehead atoms. The topological polar surface area (TPSA) is 32.3 Å². The van der Waals surface area contributed by atoms with Crippen molar-refractivity contribution in [3.05, 3.63) is 48.5 Å². The zero-order valence-electron chi connectivity index (χ0n) is 7.97. The monoisotopic (exact) mass is 216 g/mol. The second kappa shape index (κ2) is 3.29. The van der Waals surface area contributed by atoms with Gasteiger partial charge in [0.15, 0.2) is 0 Å². The van der Waals surface area contributed by atoms with Crippen LogP contribution in [0.5, 0.6) is 0 Å². The fraction of sp³-hybridized carbons (Fsp3) is 0. The van der Waals surface area contributed by atoms with Crippen molar-refractivity contribution in [2.24, 2.45) is 0 Å².